The third kappa shape index (κ3) is 2.83. The van der Waals surface area contributed by atoms with Crippen LogP contribution in [0, 0.1) is 11.7 Å². The van der Waals surface area contributed by atoms with Gasteiger partial charge in [0.15, 0.2) is 0 Å². The number of aliphatic carboxylic acids is 1. The van der Waals surface area contributed by atoms with Crippen molar-refractivity contribution in [2.24, 2.45) is 5.92 Å². The number of carboxylic acids is 1. The van der Waals surface area contributed by atoms with Crippen molar-refractivity contribution < 1.29 is 19.1 Å². The van der Waals surface area contributed by atoms with Gasteiger partial charge in [-0.3, -0.25) is 9.59 Å². The Morgan fingerprint density at radius 3 is 2.47 bits per heavy atom. The predicted molar refractivity (Wildman–Crippen MR) is 67.1 cm³/mol. The molecule has 0 bridgehead atoms. The van der Waals surface area contributed by atoms with Crippen LogP contribution < -0.4 is 5.73 Å². The van der Waals surface area contributed by atoms with Crippen LogP contribution in [-0.2, 0) is 4.79 Å². The van der Waals surface area contributed by atoms with Gasteiger partial charge in [0.2, 0.25) is 0 Å². The molecule has 0 unspecified atom stereocenters. The van der Waals surface area contributed by atoms with Crippen molar-refractivity contribution in [1.82, 2.24) is 4.90 Å². The Morgan fingerprint density at radius 2 is 1.95 bits per heavy atom. The Hall–Kier alpha value is -2.11. The maximum atomic E-state index is 13.3. The van der Waals surface area contributed by atoms with Gasteiger partial charge >= 0.3 is 5.97 Å². The number of carbonyl (C=O) groups excluding carboxylic acids is 1. The first kappa shape index (κ1) is 13.3. The number of likely N-dealkylation sites (tertiary alicyclic amines) is 1. The smallest absolute Gasteiger partial charge is 0.306 e. The second kappa shape index (κ2) is 5.26. The minimum atomic E-state index is -0.828. The molecule has 2 rings (SSSR count). The fraction of sp³-hybridized carbons (Fsp3) is 0.385. The summed E-state index contributed by atoms with van der Waals surface area (Å²) in [4.78, 5) is 24.5. The molecule has 0 spiro atoms. The molecule has 6 heteroatoms. The summed E-state index contributed by atoms with van der Waals surface area (Å²) >= 11 is 0. The number of hydrogen-bond acceptors (Lipinski definition) is 3. The fourth-order valence-electron chi connectivity index (χ4n) is 2.17. The van der Waals surface area contributed by atoms with E-state index in [4.69, 9.17) is 10.8 Å². The van der Waals surface area contributed by atoms with E-state index in [9.17, 15) is 14.0 Å². The molecule has 102 valence electrons. The number of anilines is 1. The van der Waals surface area contributed by atoms with E-state index < -0.39 is 17.7 Å². The Bertz CT molecular complexity index is 511. The van der Waals surface area contributed by atoms with Crippen molar-refractivity contribution >= 4 is 17.6 Å². The molecular weight excluding hydrogens is 251 g/mol. The Balaban J connectivity index is 2.05. The van der Waals surface area contributed by atoms with Crippen LogP contribution in [0.5, 0.6) is 0 Å². The van der Waals surface area contributed by atoms with Gasteiger partial charge in [-0.05, 0) is 31.0 Å². The zero-order chi connectivity index (χ0) is 14.0. The fourth-order valence-corrected chi connectivity index (χ4v) is 2.17. The highest BCUT2D eigenvalue weighted by atomic mass is 19.1. The molecule has 0 atom stereocenters. The number of piperidine rings is 1. The quantitative estimate of drug-likeness (QED) is 0.791. The van der Waals surface area contributed by atoms with Crippen LogP contribution in [0.25, 0.3) is 0 Å². The lowest BCUT2D eigenvalue weighted by Gasteiger charge is -2.30. The second-order valence-corrected chi connectivity index (χ2v) is 4.64. The van der Waals surface area contributed by atoms with Crippen molar-refractivity contribution in [3.63, 3.8) is 0 Å². The van der Waals surface area contributed by atoms with Crippen LogP contribution in [0.1, 0.15) is 23.2 Å². The highest BCUT2D eigenvalue weighted by molar-refractivity contribution is 5.94. The molecule has 0 aromatic heterocycles. The summed E-state index contributed by atoms with van der Waals surface area (Å²) in [6, 6.07) is 3.94. The lowest BCUT2D eigenvalue weighted by atomic mass is 9.96. The van der Waals surface area contributed by atoms with Crippen molar-refractivity contribution in [2.45, 2.75) is 12.8 Å². The zero-order valence-electron chi connectivity index (χ0n) is 10.3. The predicted octanol–water partition coefficient (Wildman–Crippen LogP) is 1.34. The number of amides is 1. The minimum absolute atomic E-state index is 0.00105. The molecule has 19 heavy (non-hydrogen) atoms. The van der Waals surface area contributed by atoms with E-state index >= 15 is 0 Å². The van der Waals surface area contributed by atoms with E-state index in [-0.39, 0.29) is 17.2 Å². The van der Waals surface area contributed by atoms with Crippen LogP contribution in [-0.4, -0.2) is 35.0 Å². The summed E-state index contributed by atoms with van der Waals surface area (Å²) < 4.78 is 13.3. The highest BCUT2D eigenvalue weighted by Crippen LogP contribution is 2.20. The largest absolute Gasteiger partial charge is 0.481 e. The monoisotopic (exact) mass is 266 g/mol. The summed E-state index contributed by atoms with van der Waals surface area (Å²) in [6.07, 6.45) is 0.858. The number of benzene rings is 1. The van der Waals surface area contributed by atoms with Crippen molar-refractivity contribution in [2.75, 3.05) is 18.8 Å². The van der Waals surface area contributed by atoms with Gasteiger partial charge in [0.1, 0.15) is 5.82 Å². The van der Waals surface area contributed by atoms with Gasteiger partial charge in [0.05, 0.1) is 11.6 Å². The SMILES string of the molecule is Nc1ccc(C(=O)N2CCC(C(=O)O)CC2)cc1F. The van der Waals surface area contributed by atoms with Gasteiger partial charge in [-0.1, -0.05) is 0 Å². The summed E-state index contributed by atoms with van der Waals surface area (Å²) in [6.45, 7) is 0.754. The molecule has 1 aromatic carbocycles. The second-order valence-electron chi connectivity index (χ2n) is 4.64. The first-order chi connectivity index (χ1) is 8.99. The summed E-state index contributed by atoms with van der Waals surface area (Å²) in [7, 11) is 0. The molecule has 1 saturated heterocycles. The maximum absolute atomic E-state index is 13.3. The number of halogens is 1. The van der Waals surface area contributed by atoms with Crippen LogP contribution in [0.15, 0.2) is 18.2 Å². The van der Waals surface area contributed by atoms with E-state index in [1.54, 1.807) is 4.90 Å². The molecule has 0 saturated carbocycles. The van der Waals surface area contributed by atoms with Crippen molar-refractivity contribution in [3.05, 3.63) is 29.6 Å². The maximum Gasteiger partial charge on any atom is 0.306 e. The van der Waals surface area contributed by atoms with Gasteiger partial charge < -0.3 is 15.7 Å². The van der Waals surface area contributed by atoms with E-state index in [0.29, 0.717) is 25.9 Å². The third-order valence-electron chi connectivity index (χ3n) is 3.38. The lowest BCUT2D eigenvalue weighted by Crippen LogP contribution is -2.40. The highest BCUT2D eigenvalue weighted by Gasteiger charge is 2.27. The summed E-state index contributed by atoms with van der Waals surface area (Å²) in [5, 5.41) is 8.88. The Kier molecular flexibility index (Phi) is 3.69. The number of nitrogens with zero attached hydrogens (tertiary/aromatic N) is 1. The standard InChI is InChI=1S/C13H15FN2O3/c14-10-7-9(1-2-11(10)15)12(17)16-5-3-8(4-6-16)13(18)19/h1-2,7-8H,3-6,15H2,(H,18,19). The van der Waals surface area contributed by atoms with Gasteiger partial charge in [-0.2, -0.15) is 0 Å². The molecule has 1 amide bonds. The molecule has 3 N–H and O–H groups in total. The van der Waals surface area contributed by atoms with Gasteiger partial charge in [0, 0.05) is 18.7 Å². The van der Waals surface area contributed by atoms with Crippen LogP contribution in [0.3, 0.4) is 0 Å². The van der Waals surface area contributed by atoms with Crippen LogP contribution in [0.2, 0.25) is 0 Å². The van der Waals surface area contributed by atoms with Gasteiger partial charge in [0.25, 0.3) is 5.91 Å². The normalized spacial score (nSPS) is 16.4. The van der Waals surface area contributed by atoms with Crippen LogP contribution >= 0.6 is 0 Å². The lowest BCUT2D eigenvalue weighted by molar-refractivity contribution is -0.143. The first-order valence-electron chi connectivity index (χ1n) is 6.06. The van der Waals surface area contributed by atoms with Gasteiger partial charge in [-0.25, -0.2) is 4.39 Å². The summed E-state index contributed by atoms with van der Waals surface area (Å²) in [5.74, 6) is -2.13. The van der Waals surface area contributed by atoms with E-state index in [1.807, 2.05) is 0 Å². The number of carbonyl (C=O) groups is 2. The number of nitrogens with two attached hydrogens (primary N) is 1. The van der Waals surface area contributed by atoms with Crippen molar-refractivity contribution in [3.8, 4) is 0 Å². The third-order valence-corrected chi connectivity index (χ3v) is 3.38. The number of rotatable bonds is 2. The average Bonchev–Trinajstić information content (AvgIpc) is 2.41. The Morgan fingerprint density at radius 1 is 1.32 bits per heavy atom. The number of nitrogen functional groups attached to an aromatic ring is 1. The molecule has 1 fully saturated rings. The molecule has 1 heterocycles. The van der Waals surface area contributed by atoms with E-state index in [1.165, 1.54) is 12.1 Å². The topological polar surface area (TPSA) is 83.6 Å². The first-order valence-corrected chi connectivity index (χ1v) is 6.06. The Labute approximate surface area is 109 Å². The molecule has 1 aliphatic rings. The zero-order valence-corrected chi connectivity index (χ0v) is 10.3. The van der Waals surface area contributed by atoms with E-state index in [2.05, 4.69) is 0 Å². The number of hydrogen-bond donors (Lipinski definition) is 2. The molecule has 5 nitrogen and oxygen atoms in total. The molecule has 0 aliphatic carbocycles. The summed E-state index contributed by atoms with van der Waals surface area (Å²) in [5.41, 5.74) is 5.59. The average molecular weight is 266 g/mol. The van der Waals surface area contributed by atoms with E-state index in [0.717, 1.165) is 6.07 Å². The minimum Gasteiger partial charge on any atom is -0.481 e. The van der Waals surface area contributed by atoms with Gasteiger partial charge in [-0.15, -0.1) is 0 Å². The molecule has 1 aliphatic heterocycles. The molecular formula is C13H15FN2O3. The molecule has 1 aromatic rings. The number of carboxylic acid groups (broad SMARTS) is 1. The van der Waals surface area contributed by atoms with Crippen LogP contribution in [0.4, 0.5) is 10.1 Å². The van der Waals surface area contributed by atoms with Crippen molar-refractivity contribution in [1.29, 1.82) is 0 Å². The molecule has 0 radical (unpaired) electrons.